The number of rotatable bonds is 1. The van der Waals surface area contributed by atoms with E-state index in [0.717, 1.165) is 28.5 Å². The maximum atomic E-state index is 9.32. The first-order valence-corrected chi connectivity index (χ1v) is 6.16. The lowest BCUT2D eigenvalue weighted by Gasteiger charge is -2.08. The molecule has 80 valence electrons. The Labute approximate surface area is 103 Å². The molecule has 0 unspecified atom stereocenters. The summed E-state index contributed by atoms with van der Waals surface area (Å²) in [5.74, 6) is 0. The lowest BCUT2D eigenvalue weighted by molar-refractivity contribution is 0.826. The molecule has 2 nitrogen and oxygen atoms in total. The van der Waals surface area contributed by atoms with Gasteiger partial charge in [-0.3, -0.25) is 0 Å². The molecule has 2 aromatic heterocycles. The second-order valence-electron chi connectivity index (χ2n) is 4.44. The van der Waals surface area contributed by atoms with Gasteiger partial charge in [0, 0.05) is 16.4 Å². The van der Waals surface area contributed by atoms with E-state index in [1.807, 2.05) is 18.3 Å². The molecule has 0 spiro atoms. The van der Waals surface area contributed by atoms with Gasteiger partial charge in [0.05, 0.1) is 17.0 Å². The normalized spacial score (nSPS) is 17.3. The van der Waals surface area contributed by atoms with Gasteiger partial charge in [-0.25, -0.2) is 0 Å². The zero-order valence-corrected chi connectivity index (χ0v) is 10.6. The van der Waals surface area contributed by atoms with Crippen LogP contribution in [0.1, 0.15) is 24.1 Å². The minimum atomic E-state index is -0.236. The molecule has 0 radical (unpaired) electrons. The summed E-state index contributed by atoms with van der Waals surface area (Å²) in [4.78, 5) is 0. The highest BCUT2D eigenvalue weighted by molar-refractivity contribution is 9.10. The molecular weight excluding hydrogens is 264 g/mol. The van der Waals surface area contributed by atoms with Crippen LogP contribution in [0.25, 0.3) is 5.52 Å². The zero-order valence-electron chi connectivity index (χ0n) is 9.00. The standard InChI is InChI=1S/C13H11BrN2/c1-9-11(14)10-4-2-3-7-16(10)12(9)13(8-15)5-6-13/h2-4,7H,5-6H2,1H3. The van der Waals surface area contributed by atoms with Crippen LogP contribution in [-0.2, 0) is 5.41 Å². The number of nitrogens with zero attached hydrogens (tertiary/aromatic N) is 2. The van der Waals surface area contributed by atoms with Crippen LogP contribution < -0.4 is 0 Å². The van der Waals surface area contributed by atoms with E-state index in [-0.39, 0.29) is 5.41 Å². The summed E-state index contributed by atoms with van der Waals surface area (Å²) in [5.41, 5.74) is 3.28. The Morgan fingerprint density at radius 1 is 1.44 bits per heavy atom. The van der Waals surface area contributed by atoms with Gasteiger partial charge in [0.25, 0.3) is 0 Å². The van der Waals surface area contributed by atoms with Gasteiger partial charge in [0.15, 0.2) is 0 Å². The van der Waals surface area contributed by atoms with E-state index in [1.165, 1.54) is 5.56 Å². The van der Waals surface area contributed by atoms with Crippen molar-refractivity contribution < 1.29 is 0 Å². The second-order valence-corrected chi connectivity index (χ2v) is 5.23. The molecule has 16 heavy (non-hydrogen) atoms. The van der Waals surface area contributed by atoms with Crippen molar-refractivity contribution >= 4 is 21.4 Å². The van der Waals surface area contributed by atoms with E-state index >= 15 is 0 Å². The van der Waals surface area contributed by atoms with E-state index < -0.39 is 0 Å². The number of hydrogen-bond donors (Lipinski definition) is 0. The minimum absolute atomic E-state index is 0.236. The quantitative estimate of drug-likeness (QED) is 0.782. The number of aromatic nitrogens is 1. The molecule has 0 bridgehead atoms. The fourth-order valence-electron chi connectivity index (χ4n) is 2.41. The molecule has 1 fully saturated rings. The molecule has 0 aliphatic heterocycles. The van der Waals surface area contributed by atoms with Crippen molar-refractivity contribution in [1.29, 1.82) is 5.26 Å². The van der Waals surface area contributed by atoms with E-state index in [0.29, 0.717) is 0 Å². The highest BCUT2D eigenvalue weighted by Crippen LogP contribution is 2.50. The highest BCUT2D eigenvalue weighted by atomic mass is 79.9. The number of halogens is 1. The molecule has 0 N–H and O–H groups in total. The molecule has 3 rings (SSSR count). The number of fused-ring (bicyclic) bond motifs is 1. The molecule has 1 aliphatic rings. The Kier molecular flexibility index (Phi) is 1.93. The van der Waals surface area contributed by atoms with Gasteiger partial charge in [0.1, 0.15) is 0 Å². The van der Waals surface area contributed by atoms with Crippen LogP contribution in [0.4, 0.5) is 0 Å². The largest absolute Gasteiger partial charge is 0.318 e. The van der Waals surface area contributed by atoms with Crippen LogP contribution in [0.2, 0.25) is 0 Å². The third-order valence-corrected chi connectivity index (χ3v) is 4.43. The first-order chi connectivity index (χ1) is 7.69. The number of hydrogen-bond acceptors (Lipinski definition) is 1. The summed E-state index contributed by atoms with van der Waals surface area (Å²) >= 11 is 3.62. The molecule has 1 aliphatic carbocycles. The minimum Gasteiger partial charge on any atom is -0.318 e. The maximum absolute atomic E-state index is 9.32. The molecular formula is C13H11BrN2. The zero-order chi connectivity index (χ0) is 11.3. The lowest BCUT2D eigenvalue weighted by atomic mass is 10.0. The van der Waals surface area contributed by atoms with Crippen molar-refractivity contribution in [3.05, 3.63) is 40.1 Å². The first-order valence-electron chi connectivity index (χ1n) is 5.36. The van der Waals surface area contributed by atoms with Crippen molar-refractivity contribution in [1.82, 2.24) is 4.40 Å². The monoisotopic (exact) mass is 274 g/mol. The summed E-state index contributed by atoms with van der Waals surface area (Å²) in [6.45, 7) is 2.09. The molecule has 0 saturated heterocycles. The summed E-state index contributed by atoms with van der Waals surface area (Å²) in [5, 5.41) is 9.32. The van der Waals surface area contributed by atoms with Crippen LogP contribution in [0.5, 0.6) is 0 Å². The van der Waals surface area contributed by atoms with E-state index in [9.17, 15) is 5.26 Å². The van der Waals surface area contributed by atoms with Crippen molar-refractivity contribution in [2.75, 3.05) is 0 Å². The molecule has 1 saturated carbocycles. The van der Waals surface area contributed by atoms with Crippen molar-refractivity contribution in [2.24, 2.45) is 0 Å². The van der Waals surface area contributed by atoms with Crippen molar-refractivity contribution in [3.63, 3.8) is 0 Å². The van der Waals surface area contributed by atoms with Crippen LogP contribution >= 0.6 is 15.9 Å². The van der Waals surface area contributed by atoms with Crippen LogP contribution in [0.3, 0.4) is 0 Å². The number of nitriles is 1. The first kappa shape index (κ1) is 9.92. The third-order valence-electron chi connectivity index (χ3n) is 3.43. The molecule has 2 aromatic rings. The van der Waals surface area contributed by atoms with Gasteiger partial charge in [-0.15, -0.1) is 0 Å². The van der Waals surface area contributed by atoms with E-state index in [1.54, 1.807) is 0 Å². The third kappa shape index (κ3) is 1.11. The fourth-order valence-corrected chi connectivity index (χ4v) is 2.92. The topological polar surface area (TPSA) is 28.2 Å². The second kappa shape index (κ2) is 3.11. The molecule has 0 atom stereocenters. The molecule has 2 heterocycles. The average molecular weight is 275 g/mol. The highest BCUT2D eigenvalue weighted by Gasteiger charge is 2.48. The van der Waals surface area contributed by atoms with Crippen molar-refractivity contribution in [2.45, 2.75) is 25.2 Å². The average Bonchev–Trinajstić information content (AvgIpc) is 3.05. The van der Waals surface area contributed by atoms with Gasteiger partial charge in [0.2, 0.25) is 0 Å². The Bertz CT molecular complexity index is 615. The Hall–Kier alpha value is -1.27. The summed E-state index contributed by atoms with van der Waals surface area (Å²) < 4.78 is 3.26. The summed E-state index contributed by atoms with van der Waals surface area (Å²) in [6, 6.07) is 8.58. The number of pyridine rings is 1. The fraction of sp³-hybridized carbons (Fsp3) is 0.308. The van der Waals surface area contributed by atoms with Gasteiger partial charge in [-0.05, 0) is 53.4 Å². The Morgan fingerprint density at radius 3 is 2.81 bits per heavy atom. The van der Waals surface area contributed by atoms with Gasteiger partial charge in [-0.2, -0.15) is 5.26 Å². The Balaban J connectivity index is 2.41. The van der Waals surface area contributed by atoms with Crippen LogP contribution in [0, 0.1) is 18.3 Å². The maximum Gasteiger partial charge on any atom is 0.0981 e. The predicted molar refractivity (Wildman–Crippen MR) is 66.4 cm³/mol. The predicted octanol–water partition coefficient (Wildman–Crippen LogP) is 3.57. The SMILES string of the molecule is Cc1c(Br)c2ccccn2c1C1(C#N)CC1. The lowest BCUT2D eigenvalue weighted by Crippen LogP contribution is -2.08. The summed E-state index contributed by atoms with van der Waals surface area (Å²) in [6.07, 6.45) is 4.01. The van der Waals surface area contributed by atoms with E-state index in [2.05, 4.69) is 39.4 Å². The van der Waals surface area contributed by atoms with Gasteiger partial charge < -0.3 is 4.40 Å². The molecule has 0 amide bonds. The molecule has 0 aromatic carbocycles. The van der Waals surface area contributed by atoms with Gasteiger partial charge >= 0.3 is 0 Å². The molecule has 3 heteroatoms. The van der Waals surface area contributed by atoms with Crippen LogP contribution in [0.15, 0.2) is 28.9 Å². The summed E-state index contributed by atoms with van der Waals surface area (Å²) in [7, 11) is 0. The van der Waals surface area contributed by atoms with Crippen LogP contribution in [-0.4, -0.2) is 4.40 Å². The van der Waals surface area contributed by atoms with Crippen molar-refractivity contribution in [3.8, 4) is 6.07 Å². The smallest absolute Gasteiger partial charge is 0.0981 e. The van der Waals surface area contributed by atoms with Gasteiger partial charge in [-0.1, -0.05) is 6.07 Å². The van der Waals surface area contributed by atoms with E-state index in [4.69, 9.17) is 0 Å². The Morgan fingerprint density at radius 2 is 2.19 bits per heavy atom.